The lowest BCUT2D eigenvalue weighted by Gasteiger charge is -2.05. The van der Waals surface area contributed by atoms with Gasteiger partial charge in [-0.3, -0.25) is 0 Å². The van der Waals surface area contributed by atoms with Crippen LogP contribution in [0.5, 0.6) is 0 Å². The van der Waals surface area contributed by atoms with Crippen LogP contribution in [0.25, 0.3) is 0 Å². The lowest BCUT2D eigenvalue weighted by molar-refractivity contribution is 1.00. The monoisotopic (exact) mass is 145 g/mol. The minimum absolute atomic E-state index is 0.174. The molecule has 0 saturated heterocycles. The van der Waals surface area contributed by atoms with Crippen LogP contribution in [-0.2, 0) is 0 Å². The minimum atomic E-state index is 0.174. The molecule has 0 saturated carbocycles. The summed E-state index contributed by atoms with van der Waals surface area (Å²) in [6, 6.07) is 11.6. The van der Waals surface area contributed by atoms with Crippen molar-refractivity contribution in [1.82, 2.24) is 0 Å². The molecule has 0 amide bonds. The molecule has 0 bridgehead atoms. The maximum Gasteiger partial charge on any atom is 0.0265 e. The molecule has 0 aromatic heterocycles. The largest absolute Gasteiger partial charge is 0.309 e. The van der Waals surface area contributed by atoms with Gasteiger partial charge in [-0.1, -0.05) is 25.1 Å². The van der Waals surface area contributed by atoms with Crippen LogP contribution in [0.3, 0.4) is 0 Å². The highest BCUT2D eigenvalue weighted by Crippen LogP contribution is 2.12. The number of hydrogen-bond donors (Lipinski definition) is 1. The Hall–Kier alpha value is -1.29. The Morgan fingerprint density at radius 3 is 2.82 bits per heavy atom. The fourth-order valence-electron chi connectivity index (χ4n) is 0.852. The summed E-state index contributed by atoms with van der Waals surface area (Å²) < 4.78 is 0. The predicted octanol–water partition coefficient (Wildman–Crippen LogP) is 2.43. The topological polar surface area (TPSA) is 23.9 Å². The summed E-state index contributed by atoms with van der Waals surface area (Å²) in [5.41, 5.74) is 1.71. The second-order valence-corrected chi connectivity index (χ2v) is 2.66. The summed E-state index contributed by atoms with van der Waals surface area (Å²) in [5, 5.41) is 7.40. The molecule has 0 unspecified atom stereocenters. The summed E-state index contributed by atoms with van der Waals surface area (Å²) in [6.07, 6.45) is 0. The molecule has 1 nitrogen and oxygen atoms in total. The van der Waals surface area contributed by atoms with Gasteiger partial charge in [0.2, 0.25) is 0 Å². The highest BCUT2D eigenvalue weighted by molar-refractivity contribution is 5.85. The SMILES string of the molecule is CC(=N)[C@H](C)c1c#cccc1. The first-order chi connectivity index (χ1) is 5.22. The summed E-state index contributed by atoms with van der Waals surface area (Å²) in [4.78, 5) is 0. The van der Waals surface area contributed by atoms with Crippen LogP contribution in [0.2, 0.25) is 0 Å². The third-order valence-corrected chi connectivity index (χ3v) is 1.79. The molecule has 1 atom stereocenters. The van der Waals surface area contributed by atoms with E-state index in [2.05, 4.69) is 12.1 Å². The third-order valence-electron chi connectivity index (χ3n) is 1.79. The normalized spacial score (nSPS) is 11.8. The quantitative estimate of drug-likeness (QED) is 0.618. The Kier molecular flexibility index (Phi) is 2.28. The lowest BCUT2D eigenvalue weighted by Crippen LogP contribution is -2.01. The summed E-state index contributed by atoms with van der Waals surface area (Å²) >= 11 is 0. The van der Waals surface area contributed by atoms with E-state index >= 15 is 0 Å². The second kappa shape index (κ2) is 3.21. The summed E-state index contributed by atoms with van der Waals surface area (Å²) in [5.74, 6) is 0.174. The summed E-state index contributed by atoms with van der Waals surface area (Å²) in [6.45, 7) is 3.81. The van der Waals surface area contributed by atoms with Gasteiger partial charge < -0.3 is 5.41 Å². The Balaban J connectivity index is 2.85. The van der Waals surface area contributed by atoms with Gasteiger partial charge in [-0.2, -0.15) is 0 Å². The van der Waals surface area contributed by atoms with Crippen LogP contribution in [0.1, 0.15) is 25.3 Å². The molecule has 0 aliphatic rings. The van der Waals surface area contributed by atoms with E-state index in [0.29, 0.717) is 5.71 Å². The van der Waals surface area contributed by atoms with E-state index in [1.54, 1.807) is 0 Å². The van der Waals surface area contributed by atoms with E-state index in [1.807, 2.05) is 32.0 Å². The Bertz CT molecular complexity index is 238. The first kappa shape index (κ1) is 7.81. The van der Waals surface area contributed by atoms with Crippen molar-refractivity contribution in [2.24, 2.45) is 0 Å². The molecule has 56 valence electrons. The maximum atomic E-state index is 7.40. The molecule has 1 aromatic carbocycles. The molecule has 0 spiro atoms. The molecule has 0 aliphatic carbocycles. The Morgan fingerprint density at radius 1 is 1.64 bits per heavy atom. The van der Waals surface area contributed by atoms with Crippen LogP contribution in [-0.4, -0.2) is 5.71 Å². The molecule has 0 radical (unpaired) electrons. The van der Waals surface area contributed by atoms with Gasteiger partial charge in [0.1, 0.15) is 0 Å². The predicted molar refractivity (Wildman–Crippen MR) is 45.9 cm³/mol. The van der Waals surface area contributed by atoms with Gasteiger partial charge in [-0.05, 0) is 19.1 Å². The van der Waals surface area contributed by atoms with Crippen molar-refractivity contribution >= 4 is 5.71 Å². The lowest BCUT2D eigenvalue weighted by atomic mass is 9.99. The van der Waals surface area contributed by atoms with Gasteiger partial charge in [0.25, 0.3) is 0 Å². The van der Waals surface area contributed by atoms with Gasteiger partial charge in [-0.15, -0.1) is 0 Å². The first-order valence-corrected chi connectivity index (χ1v) is 3.65. The Labute approximate surface area is 67.6 Å². The van der Waals surface area contributed by atoms with E-state index in [0.717, 1.165) is 5.56 Å². The minimum Gasteiger partial charge on any atom is -0.309 e. The fourth-order valence-corrected chi connectivity index (χ4v) is 0.852. The van der Waals surface area contributed by atoms with E-state index in [1.165, 1.54) is 0 Å². The van der Waals surface area contributed by atoms with Crippen LogP contribution in [0.15, 0.2) is 18.2 Å². The average molecular weight is 145 g/mol. The van der Waals surface area contributed by atoms with Crippen LogP contribution in [0, 0.1) is 17.5 Å². The van der Waals surface area contributed by atoms with Gasteiger partial charge in [-0.25, -0.2) is 0 Å². The molecule has 1 rings (SSSR count). The fraction of sp³-hybridized carbons (Fsp3) is 0.300. The van der Waals surface area contributed by atoms with Crippen molar-refractivity contribution in [3.05, 3.63) is 35.9 Å². The number of nitrogens with one attached hydrogen (secondary N) is 1. The molecule has 0 fully saturated rings. The highest BCUT2D eigenvalue weighted by Gasteiger charge is 2.05. The molecule has 1 N–H and O–H groups in total. The Morgan fingerprint density at radius 2 is 2.36 bits per heavy atom. The highest BCUT2D eigenvalue weighted by atomic mass is 14.4. The summed E-state index contributed by atoms with van der Waals surface area (Å²) in [7, 11) is 0. The zero-order valence-electron chi connectivity index (χ0n) is 6.81. The van der Waals surface area contributed by atoms with Crippen molar-refractivity contribution in [2.45, 2.75) is 19.8 Å². The van der Waals surface area contributed by atoms with Crippen LogP contribution in [0.4, 0.5) is 0 Å². The zero-order chi connectivity index (χ0) is 8.27. The van der Waals surface area contributed by atoms with E-state index in [4.69, 9.17) is 5.41 Å². The molecular weight excluding hydrogens is 134 g/mol. The third kappa shape index (κ3) is 1.81. The second-order valence-electron chi connectivity index (χ2n) is 2.66. The van der Waals surface area contributed by atoms with Crippen molar-refractivity contribution in [3.63, 3.8) is 0 Å². The molecule has 0 heterocycles. The van der Waals surface area contributed by atoms with Crippen molar-refractivity contribution in [2.75, 3.05) is 0 Å². The number of hydrogen-bond acceptors (Lipinski definition) is 1. The zero-order valence-corrected chi connectivity index (χ0v) is 6.81. The maximum absolute atomic E-state index is 7.40. The first-order valence-electron chi connectivity index (χ1n) is 3.65. The van der Waals surface area contributed by atoms with Crippen molar-refractivity contribution in [3.8, 4) is 0 Å². The van der Waals surface area contributed by atoms with E-state index < -0.39 is 0 Å². The molecule has 11 heavy (non-hydrogen) atoms. The van der Waals surface area contributed by atoms with Gasteiger partial charge in [0, 0.05) is 17.2 Å². The van der Waals surface area contributed by atoms with Gasteiger partial charge in [0.05, 0.1) is 0 Å². The molecule has 1 aromatic rings. The smallest absolute Gasteiger partial charge is 0.0265 e. The average Bonchev–Trinajstić information content (AvgIpc) is 2.05. The van der Waals surface area contributed by atoms with E-state index in [9.17, 15) is 0 Å². The molecular formula is C10H11N. The molecule has 0 aliphatic heterocycles. The van der Waals surface area contributed by atoms with Crippen molar-refractivity contribution in [1.29, 1.82) is 5.41 Å². The van der Waals surface area contributed by atoms with Crippen LogP contribution >= 0.6 is 0 Å². The van der Waals surface area contributed by atoms with Crippen LogP contribution < -0.4 is 0 Å². The number of rotatable bonds is 2. The molecule has 1 heteroatoms. The van der Waals surface area contributed by atoms with Gasteiger partial charge in [0.15, 0.2) is 0 Å². The van der Waals surface area contributed by atoms with Gasteiger partial charge >= 0.3 is 0 Å². The van der Waals surface area contributed by atoms with E-state index in [-0.39, 0.29) is 5.92 Å². The standard InChI is InChI=1S/C10H11N/c1-8(9(2)11)10-6-4-3-5-7-10/h3-4,6,8,11H,1-2H3/t8-/m0/s1. The van der Waals surface area contributed by atoms with Crippen molar-refractivity contribution < 1.29 is 0 Å².